The van der Waals surface area contributed by atoms with Crippen molar-refractivity contribution in [1.82, 2.24) is 0 Å². The van der Waals surface area contributed by atoms with E-state index in [-0.39, 0.29) is 22.4 Å². The highest BCUT2D eigenvalue weighted by Gasteiger charge is 2.47. The minimum absolute atomic E-state index is 0.127. The van der Waals surface area contributed by atoms with E-state index in [1.54, 1.807) is 36.4 Å². The number of anilines is 1. The molecule has 1 saturated heterocycles. The van der Waals surface area contributed by atoms with Crippen molar-refractivity contribution in [2.24, 2.45) is 0 Å². The third kappa shape index (κ3) is 4.38. The van der Waals surface area contributed by atoms with Crippen molar-refractivity contribution in [3.8, 4) is 11.5 Å². The molecule has 0 spiro atoms. The van der Waals surface area contributed by atoms with Crippen LogP contribution >= 0.6 is 11.6 Å². The summed E-state index contributed by atoms with van der Waals surface area (Å²) in [5.41, 5.74) is 1.15. The van der Waals surface area contributed by atoms with Crippen LogP contribution in [-0.4, -0.2) is 44.1 Å². The molecule has 3 aromatic rings. The zero-order valence-corrected chi connectivity index (χ0v) is 20.4. The monoisotopic (exact) mass is 507 g/mol. The van der Waals surface area contributed by atoms with Gasteiger partial charge in [0.15, 0.2) is 0 Å². The standard InChI is InChI=1S/C27H22ClNO7/c1-34-19-10-7-15(8-11-19)23-22(24(30)16-9-12-20(28)21(14-16)35-2)25(31)26(32)29(23)18-6-4-5-17(13-18)27(33)36-3/h4-14,23,30H,1-3H3/b24-22+. The van der Waals surface area contributed by atoms with E-state index in [1.807, 2.05) is 0 Å². The van der Waals surface area contributed by atoms with Crippen LogP contribution in [0.25, 0.3) is 5.76 Å². The number of ether oxygens (including phenoxy) is 3. The first kappa shape index (κ1) is 24.8. The summed E-state index contributed by atoms with van der Waals surface area (Å²) < 4.78 is 15.3. The Kier molecular flexibility index (Phi) is 6.98. The summed E-state index contributed by atoms with van der Waals surface area (Å²) in [7, 11) is 4.20. The summed E-state index contributed by atoms with van der Waals surface area (Å²) in [4.78, 5) is 40.0. The van der Waals surface area contributed by atoms with Crippen LogP contribution in [0, 0.1) is 0 Å². The van der Waals surface area contributed by atoms with Crippen LogP contribution in [0.1, 0.15) is 27.5 Å². The van der Waals surface area contributed by atoms with E-state index in [9.17, 15) is 19.5 Å². The van der Waals surface area contributed by atoms with Crippen LogP contribution in [0.5, 0.6) is 11.5 Å². The van der Waals surface area contributed by atoms with Gasteiger partial charge in [-0.3, -0.25) is 14.5 Å². The average molecular weight is 508 g/mol. The van der Waals surface area contributed by atoms with Gasteiger partial charge in [-0.2, -0.15) is 0 Å². The van der Waals surface area contributed by atoms with Crippen molar-refractivity contribution >= 4 is 40.7 Å². The predicted molar refractivity (Wildman–Crippen MR) is 134 cm³/mol. The second-order valence-electron chi connectivity index (χ2n) is 7.83. The third-order valence-electron chi connectivity index (χ3n) is 5.85. The number of halogens is 1. The van der Waals surface area contributed by atoms with Gasteiger partial charge in [0.05, 0.1) is 43.5 Å². The number of aliphatic hydroxyl groups is 1. The number of hydrogen-bond donors (Lipinski definition) is 1. The predicted octanol–water partition coefficient (Wildman–Crippen LogP) is 4.77. The highest BCUT2D eigenvalue weighted by atomic mass is 35.5. The molecule has 1 atom stereocenters. The molecule has 1 fully saturated rings. The lowest BCUT2D eigenvalue weighted by Crippen LogP contribution is -2.29. The normalized spacial score (nSPS) is 16.7. The van der Waals surface area contributed by atoms with Gasteiger partial charge in [0.2, 0.25) is 0 Å². The molecule has 0 saturated carbocycles. The second kappa shape index (κ2) is 10.1. The molecule has 0 aliphatic carbocycles. The van der Waals surface area contributed by atoms with E-state index in [0.29, 0.717) is 22.1 Å². The number of carbonyl (C=O) groups is 3. The summed E-state index contributed by atoms with van der Waals surface area (Å²) in [6.07, 6.45) is 0. The molecule has 9 heteroatoms. The number of methoxy groups -OCH3 is 3. The van der Waals surface area contributed by atoms with Gasteiger partial charge in [-0.15, -0.1) is 0 Å². The summed E-state index contributed by atoms with van der Waals surface area (Å²) >= 11 is 6.12. The lowest BCUT2D eigenvalue weighted by Gasteiger charge is -2.26. The highest BCUT2D eigenvalue weighted by Crippen LogP contribution is 2.43. The third-order valence-corrected chi connectivity index (χ3v) is 6.16. The minimum Gasteiger partial charge on any atom is -0.507 e. The van der Waals surface area contributed by atoms with Crippen LogP contribution in [-0.2, 0) is 14.3 Å². The first-order chi connectivity index (χ1) is 17.3. The fourth-order valence-corrected chi connectivity index (χ4v) is 4.26. The van der Waals surface area contributed by atoms with Crippen LogP contribution in [0.2, 0.25) is 5.02 Å². The second-order valence-corrected chi connectivity index (χ2v) is 8.24. The summed E-state index contributed by atoms with van der Waals surface area (Å²) in [6.45, 7) is 0. The molecule has 1 amide bonds. The lowest BCUT2D eigenvalue weighted by atomic mass is 9.95. The van der Waals surface area contributed by atoms with Gasteiger partial charge in [0, 0.05) is 11.3 Å². The molecule has 0 radical (unpaired) electrons. The number of rotatable bonds is 6. The Morgan fingerprint density at radius 1 is 0.917 bits per heavy atom. The molecule has 1 heterocycles. The Morgan fingerprint density at radius 2 is 1.64 bits per heavy atom. The first-order valence-corrected chi connectivity index (χ1v) is 11.2. The van der Waals surface area contributed by atoms with Crippen molar-refractivity contribution in [3.63, 3.8) is 0 Å². The molecule has 3 aromatic carbocycles. The fourth-order valence-electron chi connectivity index (χ4n) is 4.06. The number of aliphatic hydroxyl groups excluding tert-OH is 1. The number of carbonyl (C=O) groups excluding carboxylic acids is 3. The quantitative estimate of drug-likeness (QED) is 0.222. The number of nitrogens with zero attached hydrogens (tertiary/aromatic N) is 1. The maximum absolute atomic E-state index is 13.3. The highest BCUT2D eigenvalue weighted by molar-refractivity contribution is 6.51. The van der Waals surface area contributed by atoms with Gasteiger partial charge in [0.1, 0.15) is 17.3 Å². The molecule has 36 heavy (non-hydrogen) atoms. The van der Waals surface area contributed by atoms with Gasteiger partial charge in [-0.25, -0.2) is 4.79 Å². The minimum atomic E-state index is -0.995. The maximum Gasteiger partial charge on any atom is 0.337 e. The molecule has 1 aliphatic heterocycles. The molecular weight excluding hydrogens is 486 g/mol. The van der Waals surface area contributed by atoms with Crippen LogP contribution in [0.4, 0.5) is 5.69 Å². The van der Waals surface area contributed by atoms with Gasteiger partial charge in [-0.1, -0.05) is 29.8 Å². The van der Waals surface area contributed by atoms with E-state index in [0.717, 1.165) is 0 Å². The Morgan fingerprint density at radius 3 is 2.28 bits per heavy atom. The van der Waals surface area contributed by atoms with Crippen LogP contribution in [0.3, 0.4) is 0 Å². The Balaban J connectivity index is 1.94. The Bertz CT molecular complexity index is 1380. The lowest BCUT2D eigenvalue weighted by molar-refractivity contribution is -0.132. The molecule has 1 N–H and O–H groups in total. The van der Waals surface area contributed by atoms with Crippen molar-refractivity contribution in [3.05, 3.63) is 94.0 Å². The topological polar surface area (TPSA) is 102 Å². The van der Waals surface area contributed by atoms with E-state index < -0.39 is 29.5 Å². The molecular formula is C27H22ClNO7. The zero-order chi connectivity index (χ0) is 26.0. The smallest absolute Gasteiger partial charge is 0.337 e. The van der Waals surface area contributed by atoms with E-state index in [1.165, 1.54) is 56.6 Å². The molecule has 184 valence electrons. The number of esters is 1. The zero-order valence-electron chi connectivity index (χ0n) is 19.7. The molecule has 4 rings (SSSR count). The van der Waals surface area contributed by atoms with Crippen molar-refractivity contribution in [2.45, 2.75) is 6.04 Å². The molecule has 8 nitrogen and oxygen atoms in total. The fraction of sp³-hybridized carbons (Fsp3) is 0.148. The average Bonchev–Trinajstić information content (AvgIpc) is 3.18. The summed E-state index contributed by atoms with van der Waals surface area (Å²) in [5.74, 6) is -1.86. The van der Waals surface area contributed by atoms with Gasteiger partial charge >= 0.3 is 5.97 Å². The van der Waals surface area contributed by atoms with Crippen molar-refractivity contribution in [1.29, 1.82) is 0 Å². The largest absolute Gasteiger partial charge is 0.507 e. The number of benzene rings is 3. The van der Waals surface area contributed by atoms with Crippen molar-refractivity contribution in [2.75, 3.05) is 26.2 Å². The van der Waals surface area contributed by atoms with Crippen molar-refractivity contribution < 1.29 is 33.7 Å². The summed E-state index contributed by atoms with van der Waals surface area (Å²) in [5, 5.41) is 11.6. The number of ketones is 1. The number of Topliss-reactive ketones (excluding diaryl/α,β-unsaturated/α-hetero) is 1. The molecule has 1 unspecified atom stereocenters. The van der Waals surface area contributed by atoms with E-state index in [4.69, 9.17) is 25.8 Å². The number of hydrogen-bond acceptors (Lipinski definition) is 7. The number of amides is 1. The Labute approximate surface area is 212 Å². The Hall–Kier alpha value is -4.30. The maximum atomic E-state index is 13.3. The van der Waals surface area contributed by atoms with Gasteiger partial charge < -0.3 is 19.3 Å². The van der Waals surface area contributed by atoms with E-state index >= 15 is 0 Å². The van der Waals surface area contributed by atoms with Crippen LogP contribution in [0.15, 0.2) is 72.3 Å². The van der Waals surface area contributed by atoms with Gasteiger partial charge in [0.25, 0.3) is 11.7 Å². The molecule has 0 aromatic heterocycles. The summed E-state index contributed by atoms with van der Waals surface area (Å²) in [6, 6.07) is 16.5. The van der Waals surface area contributed by atoms with Gasteiger partial charge in [-0.05, 0) is 54.1 Å². The van der Waals surface area contributed by atoms with E-state index in [2.05, 4.69) is 0 Å². The SMILES string of the molecule is COC(=O)c1cccc(N2C(=O)C(=O)/C(=C(/O)c3ccc(Cl)c(OC)c3)C2c2ccc(OC)cc2)c1. The van der Waals surface area contributed by atoms with Crippen LogP contribution < -0.4 is 14.4 Å². The molecule has 1 aliphatic rings. The first-order valence-electron chi connectivity index (χ1n) is 10.8. The molecule has 0 bridgehead atoms.